The molecule has 0 rings (SSSR count). The van der Waals surface area contributed by atoms with Gasteiger partial charge in [-0.25, -0.2) is 4.79 Å². The highest BCUT2D eigenvalue weighted by Gasteiger charge is 2.29. The second kappa shape index (κ2) is 18.6. The standard InChI is InChI=1S/C20H41N11O5/c21-8-2-1-5-13(17(34)31-14(18(35)36)7-4-10-28-20(25)26)30-16(33)12(29-15(32)11-22)6-3-9-27-19(23)24/h12-14H,1-11,21-22H2,(H,29,32)(H,30,33)(H,31,34)(H,35,36)(H4,23,24,27)(H4,25,26,28)/t12-,13-,14-/m0/s1. The number of carboxylic acid groups (broad SMARTS) is 1. The van der Waals surface area contributed by atoms with Crippen LogP contribution in [0.3, 0.4) is 0 Å². The third-order valence-electron chi connectivity index (χ3n) is 5.00. The number of nitrogens with one attached hydrogen (secondary N) is 7. The normalized spacial score (nSPS) is 12.9. The van der Waals surface area contributed by atoms with Crippen molar-refractivity contribution in [1.82, 2.24) is 26.6 Å². The molecule has 3 atom stereocenters. The van der Waals surface area contributed by atoms with Crippen molar-refractivity contribution in [3.05, 3.63) is 0 Å². The molecule has 0 fully saturated rings. The van der Waals surface area contributed by atoms with Gasteiger partial charge >= 0.3 is 5.97 Å². The van der Waals surface area contributed by atoms with Gasteiger partial charge in [-0.05, 0) is 51.5 Å². The Bertz CT molecular complexity index is 750. The minimum atomic E-state index is -1.25. The number of guanidine groups is 2. The molecule has 0 aliphatic rings. The molecule has 206 valence electrons. The van der Waals surface area contributed by atoms with Gasteiger partial charge in [-0.3, -0.25) is 25.2 Å². The number of rotatable bonds is 19. The smallest absolute Gasteiger partial charge is 0.326 e. The molecule has 3 amide bonds. The van der Waals surface area contributed by atoms with Crippen molar-refractivity contribution >= 4 is 35.6 Å². The van der Waals surface area contributed by atoms with Gasteiger partial charge in [-0.15, -0.1) is 0 Å². The largest absolute Gasteiger partial charge is 0.480 e. The van der Waals surface area contributed by atoms with Gasteiger partial charge in [0.15, 0.2) is 11.9 Å². The minimum absolute atomic E-state index is 0.0726. The molecule has 0 aliphatic heterocycles. The van der Waals surface area contributed by atoms with Gasteiger partial charge in [-0.1, -0.05) is 0 Å². The quantitative estimate of drug-likeness (QED) is 0.0448. The number of amides is 3. The zero-order valence-electron chi connectivity index (χ0n) is 20.4. The zero-order chi connectivity index (χ0) is 27.5. The summed E-state index contributed by atoms with van der Waals surface area (Å²) in [4.78, 5) is 49.3. The summed E-state index contributed by atoms with van der Waals surface area (Å²) in [6.45, 7) is 0.583. The predicted molar refractivity (Wildman–Crippen MR) is 134 cm³/mol. The molecule has 16 N–H and O–H groups in total. The summed E-state index contributed by atoms with van der Waals surface area (Å²) in [6.07, 6.45) is 2.24. The summed E-state index contributed by atoms with van der Waals surface area (Å²) in [6, 6.07) is -3.29. The molecule has 0 bridgehead atoms. The molecule has 0 saturated heterocycles. The van der Waals surface area contributed by atoms with E-state index in [1.165, 1.54) is 0 Å². The minimum Gasteiger partial charge on any atom is -0.480 e. The number of nitrogens with two attached hydrogens (primary N) is 4. The highest BCUT2D eigenvalue weighted by Crippen LogP contribution is 2.06. The molecule has 16 nitrogen and oxygen atoms in total. The Morgan fingerprint density at radius 3 is 1.58 bits per heavy atom. The number of carbonyl (C=O) groups excluding carboxylic acids is 3. The average Bonchev–Trinajstić information content (AvgIpc) is 2.81. The monoisotopic (exact) mass is 515 g/mol. The fraction of sp³-hybridized carbons (Fsp3) is 0.700. The van der Waals surface area contributed by atoms with Crippen LogP contribution >= 0.6 is 0 Å². The third kappa shape index (κ3) is 15.3. The highest BCUT2D eigenvalue weighted by molar-refractivity contribution is 5.93. The molecule has 0 aromatic heterocycles. The molecular weight excluding hydrogens is 474 g/mol. The van der Waals surface area contributed by atoms with Crippen LogP contribution in [0.25, 0.3) is 0 Å². The van der Waals surface area contributed by atoms with E-state index in [2.05, 4.69) is 26.6 Å². The van der Waals surface area contributed by atoms with Crippen molar-refractivity contribution < 1.29 is 24.3 Å². The van der Waals surface area contributed by atoms with Gasteiger partial charge in [0, 0.05) is 13.1 Å². The molecule has 0 aromatic rings. The number of hydrogen-bond acceptors (Lipinski definition) is 8. The van der Waals surface area contributed by atoms with E-state index >= 15 is 0 Å². The Labute approximate surface area is 210 Å². The average molecular weight is 516 g/mol. The van der Waals surface area contributed by atoms with Gasteiger partial charge in [0.05, 0.1) is 6.54 Å². The Balaban J connectivity index is 5.32. The molecule has 0 spiro atoms. The first-order chi connectivity index (χ1) is 17.0. The van der Waals surface area contributed by atoms with Gasteiger partial charge in [-0.2, -0.15) is 0 Å². The molecule has 0 aromatic carbocycles. The van der Waals surface area contributed by atoms with Crippen molar-refractivity contribution in [2.24, 2.45) is 22.9 Å². The van der Waals surface area contributed by atoms with Crippen LogP contribution in [0.4, 0.5) is 0 Å². The lowest BCUT2D eigenvalue weighted by Crippen LogP contribution is -2.56. The van der Waals surface area contributed by atoms with Crippen LogP contribution in [0.5, 0.6) is 0 Å². The van der Waals surface area contributed by atoms with Crippen LogP contribution < -0.4 is 49.5 Å². The number of aliphatic carboxylic acids is 1. The Hall–Kier alpha value is -3.66. The topological polar surface area (TPSA) is 300 Å². The van der Waals surface area contributed by atoms with E-state index in [9.17, 15) is 24.3 Å². The van der Waals surface area contributed by atoms with Crippen LogP contribution in [0.15, 0.2) is 0 Å². The fourth-order valence-electron chi connectivity index (χ4n) is 3.14. The van der Waals surface area contributed by atoms with Gasteiger partial charge in [0.25, 0.3) is 0 Å². The lowest BCUT2D eigenvalue weighted by molar-refractivity contribution is -0.142. The van der Waals surface area contributed by atoms with Crippen molar-refractivity contribution in [2.45, 2.75) is 63.1 Å². The lowest BCUT2D eigenvalue weighted by Gasteiger charge is -2.24. The molecule has 0 aliphatic carbocycles. The Morgan fingerprint density at radius 2 is 1.14 bits per heavy atom. The number of carboxylic acids is 1. The van der Waals surface area contributed by atoms with E-state index in [1.54, 1.807) is 0 Å². The number of unbranched alkanes of at least 4 members (excludes halogenated alkanes) is 1. The predicted octanol–water partition coefficient (Wildman–Crippen LogP) is -3.86. The fourth-order valence-corrected chi connectivity index (χ4v) is 3.14. The van der Waals surface area contributed by atoms with Crippen LogP contribution in [-0.4, -0.2) is 85.0 Å². The Kier molecular flexibility index (Phi) is 16.7. The first kappa shape index (κ1) is 32.3. The zero-order valence-corrected chi connectivity index (χ0v) is 20.4. The van der Waals surface area contributed by atoms with E-state index in [4.69, 9.17) is 33.8 Å². The van der Waals surface area contributed by atoms with Crippen LogP contribution in [0.2, 0.25) is 0 Å². The summed E-state index contributed by atoms with van der Waals surface area (Å²) < 4.78 is 0. The van der Waals surface area contributed by atoms with E-state index < -0.39 is 41.8 Å². The second-order valence-corrected chi connectivity index (χ2v) is 8.03. The highest BCUT2D eigenvalue weighted by atomic mass is 16.4. The van der Waals surface area contributed by atoms with Crippen LogP contribution in [-0.2, 0) is 19.2 Å². The maximum absolute atomic E-state index is 12.9. The maximum Gasteiger partial charge on any atom is 0.326 e. The van der Waals surface area contributed by atoms with Crippen LogP contribution in [0.1, 0.15) is 44.9 Å². The van der Waals surface area contributed by atoms with Crippen molar-refractivity contribution in [3.8, 4) is 0 Å². The molecule has 0 radical (unpaired) electrons. The molecule has 0 heterocycles. The van der Waals surface area contributed by atoms with Gasteiger partial charge in [0.1, 0.15) is 18.1 Å². The summed E-state index contributed by atoms with van der Waals surface area (Å²) >= 11 is 0. The molecule has 0 saturated carbocycles. The van der Waals surface area contributed by atoms with E-state index in [0.29, 0.717) is 32.2 Å². The molecule has 36 heavy (non-hydrogen) atoms. The summed E-state index contributed by atoms with van der Waals surface area (Å²) in [7, 11) is 0. The summed E-state index contributed by atoms with van der Waals surface area (Å²) in [5, 5.41) is 36.5. The van der Waals surface area contributed by atoms with Gasteiger partial charge < -0.3 is 54.6 Å². The second-order valence-electron chi connectivity index (χ2n) is 8.03. The van der Waals surface area contributed by atoms with Crippen molar-refractivity contribution in [3.63, 3.8) is 0 Å². The van der Waals surface area contributed by atoms with E-state index in [-0.39, 0.29) is 50.8 Å². The Morgan fingerprint density at radius 1 is 0.694 bits per heavy atom. The maximum atomic E-state index is 12.9. The molecule has 16 heteroatoms. The summed E-state index contributed by atoms with van der Waals surface area (Å²) in [5.74, 6) is -3.61. The number of hydrogen-bond donors (Lipinski definition) is 12. The lowest BCUT2D eigenvalue weighted by atomic mass is 10.0. The van der Waals surface area contributed by atoms with Crippen LogP contribution in [0, 0.1) is 10.8 Å². The first-order valence-electron chi connectivity index (χ1n) is 11.7. The third-order valence-corrected chi connectivity index (χ3v) is 5.00. The number of carbonyl (C=O) groups is 4. The summed E-state index contributed by atoms with van der Waals surface area (Å²) in [5.41, 5.74) is 21.3. The SMILES string of the molecule is N=C(N)NCCC[C@H](NC(=O)[C@H](CCCCN)NC(=O)[C@H](CCCNC(=N)N)NC(=O)CN)C(=O)O. The molecule has 0 unspecified atom stereocenters. The molecular formula is C20H41N11O5. The van der Waals surface area contributed by atoms with Crippen molar-refractivity contribution in [2.75, 3.05) is 26.2 Å². The first-order valence-corrected chi connectivity index (χ1v) is 11.7. The van der Waals surface area contributed by atoms with Gasteiger partial charge in [0.2, 0.25) is 17.7 Å². The van der Waals surface area contributed by atoms with E-state index in [1.807, 2.05) is 0 Å². The van der Waals surface area contributed by atoms with Crippen molar-refractivity contribution in [1.29, 1.82) is 10.8 Å². The van der Waals surface area contributed by atoms with E-state index in [0.717, 1.165) is 0 Å².